The molecule has 1 aromatic rings. The molecular formula is C14H22ClN3O2. The van der Waals surface area contributed by atoms with Crippen LogP contribution >= 0.6 is 11.6 Å². The molecule has 5 nitrogen and oxygen atoms in total. The van der Waals surface area contributed by atoms with Gasteiger partial charge in [-0.25, -0.2) is 0 Å². The van der Waals surface area contributed by atoms with Crippen LogP contribution in [0.25, 0.3) is 0 Å². The van der Waals surface area contributed by atoms with Gasteiger partial charge in [0.15, 0.2) is 0 Å². The normalized spacial score (nSPS) is 14.3. The van der Waals surface area contributed by atoms with Crippen LogP contribution < -0.4 is 5.32 Å². The Labute approximate surface area is 124 Å². The minimum absolute atomic E-state index is 0.00125. The summed E-state index contributed by atoms with van der Waals surface area (Å²) in [7, 11) is 0. The highest BCUT2D eigenvalue weighted by molar-refractivity contribution is 6.30. The van der Waals surface area contributed by atoms with Crippen molar-refractivity contribution in [2.24, 2.45) is 5.92 Å². The highest BCUT2D eigenvalue weighted by atomic mass is 35.5. The van der Waals surface area contributed by atoms with Gasteiger partial charge in [-0.1, -0.05) is 32.4 Å². The lowest BCUT2D eigenvalue weighted by atomic mass is 9.85. The molecule has 0 aliphatic carbocycles. The van der Waals surface area contributed by atoms with Crippen molar-refractivity contribution in [3.63, 3.8) is 0 Å². The molecule has 0 aliphatic heterocycles. The molecule has 0 aromatic carbocycles. The third-order valence-corrected chi connectivity index (χ3v) is 3.56. The molecule has 0 saturated heterocycles. The number of rotatable bonds is 7. The second-order valence-corrected chi connectivity index (χ2v) is 5.76. The van der Waals surface area contributed by atoms with Gasteiger partial charge in [-0.3, -0.25) is 15.1 Å². The first-order chi connectivity index (χ1) is 9.38. The Balaban J connectivity index is 3.18. The molecule has 20 heavy (non-hydrogen) atoms. The summed E-state index contributed by atoms with van der Waals surface area (Å²) in [4.78, 5) is 15.1. The van der Waals surface area contributed by atoms with E-state index in [-0.39, 0.29) is 28.6 Å². The van der Waals surface area contributed by atoms with Crippen molar-refractivity contribution < 1.29 is 4.92 Å². The zero-order chi connectivity index (χ0) is 15.3. The summed E-state index contributed by atoms with van der Waals surface area (Å²) in [6.07, 6.45) is 2.50. The number of hydrogen-bond acceptors (Lipinski definition) is 4. The molecule has 6 heteroatoms. The van der Waals surface area contributed by atoms with Gasteiger partial charge in [0.1, 0.15) is 5.69 Å². The molecule has 1 heterocycles. The number of hydrogen-bond donors (Lipinski definition) is 1. The summed E-state index contributed by atoms with van der Waals surface area (Å²) in [5, 5.41) is 14.9. The summed E-state index contributed by atoms with van der Waals surface area (Å²) >= 11 is 5.83. The highest BCUT2D eigenvalue weighted by Crippen LogP contribution is 2.34. The lowest BCUT2D eigenvalue weighted by Gasteiger charge is -2.27. The average Bonchev–Trinajstić information content (AvgIpc) is 2.37. The first-order valence-electron chi connectivity index (χ1n) is 6.91. The van der Waals surface area contributed by atoms with Crippen LogP contribution in [0.2, 0.25) is 5.02 Å². The average molecular weight is 300 g/mol. The van der Waals surface area contributed by atoms with E-state index in [1.807, 2.05) is 6.92 Å². The Kier molecular flexibility index (Phi) is 6.36. The van der Waals surface area contributed by atoms with E-state index in [9.17, 15) is 10.1 Å². The van der Waals surface area contributed by atoms with Crippen molar-refractivity contribution in [1.82, 2.24) is 10.3 Å². The second kappa shape index (κ2) is 7.55. The fourth-order valence-electron chi connectivity index (χ4n) is 2.47. The van der Waals surface area contributed by atoms with Gasteiger partial charge in [-0.05, 0) is 25.8 Å². The molecule has 0 fully saturated rings. The van der Waals surface area contributed by atoms with Gasteiger partial charge in [0, 0.05) is 24.2 Å². The molecular weight excluding hydrogens is 278 g/mol. The van der Waals surface area contributed by atoms with E-state index in [2.05, 4.69) is 31.1 Å². The maximum Gasteiger partial charge on any atom is 0.292 e. The minimum Gasteiger partial charge on any atom is -0.314 e. The van der Waals surface area contributed by atoms with E-state index in [1.54, 1.807) is 0 Å². The van der Waals surface area contributed by atoms with E-state index < -0.39 is 4.92 Å². The van der Waals surface area contributed by atoms with Crippen molar-refractivity contribution in [2.45, 2.75) is 46.1 Å². The summed E-state index contributed by atoms with van der Waals surface area (Å²) in [5.74, 6) is 0.209. The number of aromatic nitrogens is 1. The Bertz CT molecular complexity index is 466. The Hall–Kier alpha value is -1.20. The van der Waals surface area contributed by atoms with E-state index in [0.717, 1.165) is 13.0 Å². The van der Waals surface area contributed by atoms with Gasteiger partial charge in [-0.15, -0.1) is 0 Å². The molecule has 0 saturated carbocycles. The van der Waals surface area contributed by atoms with E-state index in [1.165, 1.54) is 12.3 Å². The molecule has 112 valence electrons. The number of nitrogens with zero attached hydrogens (tertiary/aromatic N) is 2. The fourth-order valence-corrected chi connectivity index (χ4v) is 2.62. The Morgan fingerprint density at radius 1 is 1.45 bits per heavy atom. The van der Waals surface area contributed by atoms with Crippen LogP contribution in [0.5, 0.6) is 0 Å². The van der Waals surface area contributed by atoms with E-state index in [4.69, 9.17) is 11.6 Å². The summed E-state index contributed by atoms with van der Waals surface area (Å²) in [6, 6.07) is 1.49. The summed E-state index contributed by atoms with van der Waals surface area (Å²) in [5.41, 5.74) is 0.506. The van der Waals surface area contributed by atoms with Gasteiger partial charge in [0.25, 0.3) is 5.69 Å². The molecule has 2 unspecified atom stereocenters. The van der Waals surface area contributed by atoms with Gasteiger partial charge in [-0.2, -0.15) is 0 Å². The summed E-state index contributed by atoms with van der Waals surface area (Å²) < 4.78 is 0. The minimum atomic E-state index is -0.407. The predicted molar refractivity (Wildman–Crippen MR) is 81.2 cm³/mol. The lowest BCUT2D eigenvalue weighted by Crippen LogP contribution is -2.36. The van der Waals surface area contributed by atoms with Gasteiger partial charge in [0.05, 0.1) is 9.95 Å². The van der Waals surface area contributed by atoms with Crippen molar-refractivity contribution >= 4 is 17.3 Å². The molecule has 0 bridgehead atoms. The van der Waals surface area contributed by atoms with Crippen LogP contribution in [0.3, 0.4) is 0 Å². The molecule has 1 aromatic heterocycles. The van der Waals surface area contributed by atoms with Crippen molar-refractivity contribution in [3.05, 3.63) is 33.1 Å². The molecule has 0 amide bonds. The van der Waals surface area contributed by atoms with Crippen LogP contribution in [0.4, 0.5) is 5.69 Å². The molecule has 0 spiro atoms. The van der Waals surface area contributed by atoms with Crippen LogP contribution in [-0.4, -0.2) is 22.5 Å². The van der Waals surface area contributed by atoms with Crippen LogP contribution in [-0.2, 0) is 0 Å². The topological polar surface area (TPSA) is 68.1 Å². The van der Waals surface area contributed by atoms with Gasteiger partial charge < -0.3 is 5.32 Å². The Morgan fingerprint density at radius 3 is 2.60 bits per heavy atom. The standard InChI is InChI=1S/C14H22ClN3O2/c1-5-6-16-10(4)13(9(2)3)14-12(18(19)20)7-11(15)8-17-14/h7-10,13,16H,5-6H2,1-4H3. The SMILES string of the molecule is CCCNC(C)C(c1ncc(Cl)cc1[N+](=O)[O-])C(C)C. The van der Waals surface area contributed by atoms with Crippen LogP contribution in [0.15, 0.2) is 12.3 Å². The molecule has 0 radical (unpaired) electrons. The second-order valence-electron chi connectivity index (χ2n) is 5.33. The quantitative estimate of drug-likeness (QED) is 0.614. The molecule has 2 atom stereocenters. The molecule has 0 aliphatic rings. The third-order valence-electron chi connectivity index (χ3n) is 3.35. The number of nitro groups is 1. The Morgan fingerprint density at radius 2 is 2.10 bits per heavy atom. The van der Waals surface area contributed by atoms with Crippen molar-refractivity contribution in [2.75, 3.05) is 6.54 Å². The highest BCUT2D eigenvalue weighted by Gasteiger charge is 2.30. The van der Waals surface area contributed by atoms with Gasteiger partial charge >= 0.3 is 0 Å². The first-order valence-corrected chi connectivity index (χ1v) is 7.29. The maximum absolute atomic E-state index is 11.2. The smallest absolute Gasteiger partial charge is 0.292 e. The van der Waals surface area contributed by atoms with Crippen molar-refractivity contribution in [3.8, 4) is 0 Å². The summed E-state index contributed by atoms with van der Waals surface area (Å²) in [6.45, 7) is 9.11. The number of pyridine rings is 1. The maximum atomic E-state index is 11.2. The van der Waals surface area contributed by atoms with Crippen molar-refractivity contribution in [1.29, 1.82) is 0 Å². The third kappa shape index (κ3) is 4.15. The van der Waals surface area contributed by atoms with Crippen LogP contribution in [0.1, 0.15) is 45.7 Å². The van der Waals surface area contributed by atoms with Gasteiger partial charge in [0.2, 0.25) is 0 Å². The number of nitrogens with one attached hydrogen (secondary N) is 1. The van der Waals surface area contributed by atoms with E-state index >= 15 is 0 Å². The molecule has 1 N–H and O–H groups in total. The zero-order valence-electron chi connectivity index (χ0n) is 12.4. The first kappa shape index (κ1) is 16.9. The van der Waals surface area contributed by atoms with E-state index in [0.29, 0.717) is 5.69 Å². The monoisotopic (exact) mass is 299 g/mol. The lowest BCUT2D eigenvalue weighted by molar-refractivity contribution is -0.386. The largest absolute Gasteiger partial charge is 0.314 e. The van der Waals surface area contributed by atoms with Crippen LogP contribution in [0, 0.1) is 16.0 Å². The predicted octanol–water partition coefficient (Wildman–Crippen LogP) is 3.77. The fraction of sp³-hybridized carbons (Fsp3) is 0.643. The zero-order valence-corrected chi connectivity index (χ0v) is 13.1. The number of halogens is 1. The molecule has 1 rings (SSSR count).